The Bertz CT molecular complexity index is 254. The molecule has 1 rings (SSSR count). The third-order valence-corrected chi connectivity index (χ3v) is 3.10. The van der Waals surface area contributed by atoms with Crippen LogP contribution in [0.3, 0.4) is 0 Å². The fourth-order valence-electron chi connectivity index (χ4n) is 1.20. The maximum Gasteiger partial charge on any atom is 0.314 e. The molecule has 2 amide bonds. The number of hydrogen-bond acceptors (Lipinski definition) is 3. The van der Waals surface area contributed by atoms with Gasteiger partial charge in [-0.3, -0.25) is 4.79 Å². The summed E-state index contributed by atoms with van der Waals surface area (Å²) in [5.41, 5.74) is -0.684. The van der Waals surface area contributed by atoms with Crippen molar-refractivity contribution in [2.45, 2.75) is 12.8 Å². The van der Waals surface area contributed by atoms with Gasteiger partial charge in [-0.15, -0.1) is 0 Å². The van der Waals surface area contributed by atoms with E-state index in [-0.39, 0.29) is 12.6 Å². The second-order valence-corrected chi connectivity index (χ2v) is 4.67. The molecule has 3 N–H and O–H groups in total. The summed E-state index contributed by atoms with van der Waals surface area (Å²) in [7, 11) is 0. The Morgan fingerprint density at radius 2 is 2.07 bits per heavy atom. The number of amides is 2. The van der Waals surface area contributed by atoms with E-state index in [9.17, 15) is 9.59 Å². The largest absolute Gasteiger partial charge is 0.481 e. The van der Waals surface area contributed by atoms with E-state index in [2.05, 4.69) is 10.6 Å². The van der Waals surface area contributed by atoms with E-state index in [0.29, 0.717) is 19.4 Å². The lowest BCUT2D eigenvalue weighted by Gasteiger charge is -2.11. The Labute approximate surface area is 93.0 Å². The van der Waals surface area contributed by atoms with Gasteiger partial charge < -0.3 is 15.7 Å². The van der Waals surface area contributed by atoms with Gasteiger partial charge in [0.1, 0.15) is 0 Å². The first-order valence-corrected chi connectivity index (χ1v) is 6.24. The minimum atomic E-state index is -0.813. The summed E-state index contributed by atoms with van der Waals surface area (Å²) in [5.74, 6) is 0.0456. The molecule has 0 aromatic carbocycles. The van der Waals surface area contributed by atoms with Crippen molar-refractivity contribution in [3.63, 3.8) is 0 Å². The molecule has 0 aromatic heterocycles. The van der Waals surface area contributed by atoms with E-state index in [1.165, 1.54) is 0 Å². The minimum Gasteiger partial charge on any atom is -0.481 e. The molecule has 1 saturated carbocycles. The number of urea groups is 1. The molecule has 0 radical (unpaired) electrons. The van der Waals surface area contributed by atoms with Gasteiger partial charge in [-0.1, -0.05) is 0 Å². The molecule has 0 bridgehead atoms. The zero-order valence-electron chi connectivity index (χ0n) is 8.71. The molecular formula is C9H16N2O3S. The number of hydrogen-bond donors (Lipinski definition) is 3. The van der Waals surface area contributed by atoms with Gasteiger partial charge >= 0.3 is 12.0 Å². The van der Waals surface area contributed by atoms with Crippen molar-refractivity contribution in [2.24, 2.45) is 5.41 Å². The molecule has 1 fully saturated rings. The summed E-state index contributed by atoms with van der Waals surface area (Å²) in [5, 5.41) is 14.1. The summed E-state index contributed by atoms with van der Waals surface area (Å²) in [6.45, 7) is 0.834. The molecule has 0 unspecified atom stereocenters. The number of rotatable bonds is 6. The normalized spacial score (nSPS) is 16.9. The number of carbonyl (C=O) groups excluding carboxylic acids is 1. The van der Waals surface area contributed by atoms with Crippen molar-refractivity contribution in [3.05, 3.63) is 0 Å². The molecule has 1 aliphatic carbocycles. The maximum atomic E-state index is 11.2. The lowest BCUT2D eigenvalue weighted by atomic mass is 10.1. The third-order valence-electron chi connectivity index (χ3n) is 2.49. The highest BCUT2D eigenvalue weighted by Gasteiger charge is 2.50. The molecule has 15 heavy (non-hydrogen) atoms. The van der Waals surface area contributed by atoms with Gasteiger partial charge in [-0.05, 0) is 19.1 Å². The fourth-order valence-corrected chi connectivity index (χ4v) is 1.50. The molecule has 86 valence electrons. The second kappa shape index (κ2) is 5.25. The Kier molecular flexibility index (Phi) is 4.26. The van der Waals surface area contributed by atoms with Gasteiger partial charge in [0.25, 0.3) is 0 Å². The van der Waals surface area contributed by atoms with Crippen molar-refractivity contribution < 1.29 is 14.7 Å². The number of aliphatic carboxylic acids is 1. The lowest BCUT2D eigenvalue weighted by Crippen LogP contribution is -2.41. The van der Waals surface area contributed by atoms with Crippen molar-refractivity contribution >= 4 is 23.8 Å². The quantitative estimate of drug-likeness (QED) is 0.583. The first kappa shape index (κ1) is 12.2. The molecule has 0 atom stereocenters. The van der Waals surface area contributed by atoms with Gasteiger partial charge in [-0.2, -0.15) is 11.8 Å². The number of carbonyl (C=O) groups is 2. The summed E-state index contributed by atoms with van der Waals surface area (Å²) in [6.07, 6.45) is 3.28. The maximum absolute atomic E-state index is 11.2. The molecule has 6 heteroatoms. The topological polar surface area (TPSA) is 78.4 Å². The van der Waals surface area contributed by atoms with Crippen molar-refractivity contribution in [1.29, 1.82) is 0 Å². The van der Waals surface area contributed by atoms with E-state index < -0.39 is 11.4 Å². The average molecular weight is 232 g/mol. The van der Waals surface area contributed by atoms with E-state index in [0.717, 1.165) is 5.75 Å². The summed E-state index contributed by atoms with van der Waals surface area (Å²) >= 11 is 1.65. The smallest absolute Gasteiger partial charge is 0.314 e. The number of carboxylic acid groups (broad SMARTS) is 1. The first-order chi connectivity index (χ1) is 7.10. The molecule has 0 heterocycles. The molecule has 1 aliphatic rings. The minimum absolute atomic E-state index is 0.230. The summed E-state index contributed by atoms with van der Waals surface area (Å²) in [6, 6.07) is -0.281. The highest BCUT2D eigenvalue weighted by Crippen LogP contribution is 2.45. The van der Waals surface area contributed by atoms with Gasteiger partial charge in [-0.25, -0.2) is 4.79 Å². The van der Waals surface area contributed by atoms with Crippen LogP contribution >= 0.6 is 11.8 Å². The monoisotopic (exact) mass is 232 g/mol. The highest BCUT2D eigenvalue weighted by atomic mass is 32.2. The zero-order chi connectivity index (χ0) is 11.3. The number of carboxylic acids is 1. The van der Waals surface area contributed by atoms with Crippen molar-refractivity contribution in [3.8, 4) is 0 Å². The molecule has 0 spiro atoms. The predicted octanol–water partition coefficient (Wildman–Crippen LogP) is 0.513. The van der Waals surface area contributed by atoms with Crippen LogP contribution in [-0.4, -0.2) is 42.2 Å². The third kappa shape index (κ3) is 3.62. The van der Waals surface area contributed by atoms with Crippen LogP contribution in [-0.2, 0) is 4.79 Å². The summed E-state index contributed by atoms with van der Waals surface area (Å²) < 4.78 is 0. The molecule has 5 nitrogen and oxygen atoms in total. The fraction of sp³-hybridized carbons (Fsp3) is 0.778. The average Bonchev–Trinajstić information content (AvgIpc) is 2.96. The Hall–Kier alpha value is -0.910. The Morgan fingerprint density at radius 1 is 1.40 bits per heavy atom. The van der Waals surface area contributed by atoms with Crippen molar-refractivity contribution in [1.82, 2.24) is 10.6 Å². The zero-order valence-corrected chi connectivity index (χ0v) is 9.52. The highest BCUT2D eigenvalue weighted by molar-refractivity contribution is 7.98. The van der Waals surface area contributed by atoms with Crippen LogP contribution in [0.25, 0.3) is 0 Å². The van der Waals surface area contributed by atoms with E-state index >= 15 is 0 Å². The van der Waals surface area contributed by atoms with Crippen LogP contribution in [0.1, 0.15) is 12.8 Å². The van der Waals surface area contributed by atoms with Crippen molar-refractivity contribution in [2.75, 3.05) is 25.1 Å². The molecular weight excluding hydrogens is 216 g/mol. The van der Waals surface area contributed by atoms with Gasteiger partial charge in [0.15, 0.2) is 0 Å². The number of nitrogens with one attached hydrogen (secondary N) is 2. The standard InChI is InChI=1S/C9H16N2O3S/c1-15-5-4-10-8(14)11-6-9(2-3-9)7(12)13/h2-6H2,1H3,(H,12,13)(H2,10,11,14). The Balaban J connectivity index is 2.14. The van der Waals surface area contributed by atoms with Crippen LogP contribution in [0.15, 0.2) is 0 Å². The molecule has 0 aliphatic heterocycles. The second-order valence-electron chi connectivity index (χ2n) is 3.69. The lowest BCUT2D eigenvalue weighted by molar-refractivity contribution is -0.143. The van der Waals surface area contributed by atoms with Gasteiger partial charge in [0.05, 0.1) is 5.41 Å². The van der Waals surface area contributed by atoms with Gasteiger partial charge in [0.2, 0.25) is 0 Å². The van der Waals surface area contributed by atoms with Crippen LogP contribution < -0.4 is 10.6 Å². The number of thioether (sulfide) groups is 1. The predicted molar refractivity (Wildman–Crippen MR) is 59.1 cm³/mol. The SMILES string of the molecule is CSCCNC(=O)NCC1(C(=O)O)CC1. The van der Waals surface area contributed by atoms with Gasteiger partial charge in [0, 0.05) is 18.8 Å². The Morgan fingerprint density at radius 3 is 2.53 bits per heavy atom. The molecule has 0 aromatic rings. The van der Waals surface area contributed by atoms with Crippen LogP contribution in [0.2, 0.25) is 0 Å². The van der Waals surface area contributed by atoms with E-state index in [1.54, 1.807) is 11.8 Å². The van der Waals surface area contributed by atoms with E-state index in [1.807, 2.05) is 6.26 Å². The van der Waals surface area contributed by atoms with Crippen LogP contribution in [0.4, 0.5) is 4.79 Å². The van der Waals surface area contributed by atoms with E-state index in [4.69, 9.17) is 5.11 Å². The summed E-state index contributed by atoms with van der Waals surface area (Å²) in [4.78, 5) is 22.0. The first-order valence-electron chi connectivity index (χ1n) is 4.85. The van der Waals surface area contributed by atoms with Crippen LogP contribution in [0, 0.1) is 5.41 Å². The molecule has 0 saturated heterocycles. The van der Waals surface area contributed by atoms with Crippen LogP contribution in [0.5, 0.6) is 0 Å².